The minimum Gasteiger partial charge on any atom is -0.383 e. The fourth-order valence-electron chi connectivity index (χ4n) is 1.96. The Morgan fingerprint density at radius 3 is 2.55 bits per heavy atom. The smallest absolute Gasteiger partial charge is 0.0705 e. The number of rotatable bonds is 6. The summed E-state index contributed by atoms with van der Waals surface area (Å²) in [4.78, 5) is 4.66. The predicted molar refractivity (Wildman–Crippen MR) is 83.0 cm³/mol. The van der Waals surface area contributed by atoms with Crippen LogP contribution in [0.4, 0.5) is 0 Å². The maximum atomic E-state index is 5.90. The minimum atomic E-state index is 0.718. The van der Waals surface area contributed by atoms with Crippen LogP contribution in [0.5, 0.6) is 0 Å². The van der Waals surface area contributed by atoms with E-state index >= 15 is 0 Å². The summed E-state index contributed by atoms with van der Waals surface area (Å²) < 4.78 is 5.01. The molecule has 1 aromatic heterocycles. The number of halogens is 1. The first kappa shape index (κ1) is 15.0. The summed E-state index contributed by atoms with van der Waals surface area (Å²) in [5.41, 5.74) is 4.30. The van der Waals surface area contributed by atoms with E-state index in [0.717, 1.165) is 41.7 Å². The first-order valence-electron chi connectivity index (χ1n) is 6.63. The van der Waals surface area contributed by atoms with Crippen LogP contribution in [-0.4, -0.2) is 25.2 Å². The zero-order valence-electron chi connectivity index (χ0n) is 11.8. The van der Waals surface area contributed by atoms with Crippen molar-refractivity contribution in [2.24, 2.45) is 0 Å². The molecule has 0 aliphatic carbocycles. The lowest BCUT2D eigenvalue weighted by atomic mass is 10.1. The van der Waals surface area contributed by atoms with Gasteiger partial charge in [0, 0.05) is 36.5 Å². The van der Waals surface area contributed by atoms with Crippen LogP contribution in [0.25, 0.3) is 11.3 Å². The lowest BCUT2D eigenvalue weighted by molar-refractivity contribution is 0.199. The summed E-state index contributed by atoms with van der Waals surface area (Å²) in [6.07, 6.45) is 0. The van der Waals surface area contributed by atoms with Gasteiger partial charge < -0.3 is 10.1 Å². The van der Waals surface area contributed by atoms with Crippen LogP contribution in [-0.2, 0) is 11.3 Å². The van der Waals surface area contributed by atoms with Crippen LogP contribution >= 0.6 is 11.6 Å². The van der Waals surface area contributed by atoms with Crippen molar-refractivity contribution in [3.8, 4) is 11.3 Å². The van der Waals surface area contributed by atoms with E-state index in [1.54, 1.807) is 7.11 Å². The molecule has 0 unspecified atom stereocenters. The molecule has 0 spiro atoms. The summed E-state index contributed by atoms with van der Waals surface area (Å²) >= 11 is 5.90. The Balaban J connectivity index is 2.07. The van der Waals surface area contributed by atoms with Crippen molar-refractivity contribution in [2.75, 3.05) is 20.3 Å². The van der Waals surface area contributed by atoms with E-state index in [9.17, 15) is 0 Å². The van der Waals surface area contributed by atoms with Gasteiger partial charge in [0.25, 0.3) is 0 Å². The molecule has 0 saturated heterocycles. The van der Waals surface area contributed by atoms with Gasteiger partial charge in [0.2, 0.25) is 0 Å². The zero-order chi connectivity index (χ0) is 14.4. The van der Waals surface area contributed by atoms with Crippen molar-refractivity contribution in [1.82, 2.24) is 10.3 Å². The van der Waals surface area contributed by atoms with Gasteiger partial charge >= 0.3 is 0 Å². The Morgan fingerprint density at radius 2 is 1.90 bits per heavy atom. The maximum absolute atomic E-state index is 5.90. The van der Waals surface area contributed by atoms with Gasteiger partial charge in [0.15, 0.2) is 0 Å². The second-order valence-electron chi connectivity index (χ2n) is 4.62. The van der Waals surface area contributed by atoms with Gasteiger partial charge in [-0.05, 0) is 30.7 Å². The Kier molecular flexibility index (Phi) is 5.53. The number of hydrogen-bond donors (Lipinski definition) is 1. The largest absolute Gasteiger partial charge is 0.383 e. The molecule has 2 rings (SSSR count). The van der Waals surface area contributed by atoms with Crippen LogP contribution in [0.2, 0.25) is 5.02 Å². The highest BCUT2D eigenvalue weighted by Crippen LogP contribution is 2.21. The molecule has 0 saturated carbocycles. The normalized spacial score (nSPS) is 10.8. The monoisotopic (exact) mass is 290 g/mol. The summed E-state index contributed by atoms with van der Waals surface area (Å²) in [5, 5.41) is 4.07. The number of methoxy groups -OCH3 is 1. The maximum Gasteiger partial charge on any atom is 0.0705 e. The van der Waals surface area contributed by atoms with Gasteiger partial charge in [0.05, 0.1) is 12.3 Å². The van der Waals surface area contributed by atoms with E-state index in [-0.39, 0.29) is 0 Å². The van der Waals surface area contributed by atoms with Crippen molar-refractivity contribution in [3.63, 3.8) is 0 Å². The number of nitrogens with one attached hydrogen (secondary N) is 1. The van der Waals surface area contributed by atoms with Crippen molar-refractivity contribution in [3.05, 3.63) is 52.7 Å². The molecule has 0 aliphatic rings. The second-order valence-corrected chi connectivity index (χ2v) is 5.05. The molecule has 0 aliphatic heterocycles. The number of ether oxygens (including phenoxy) is 1. The molecule has 0 atom stereocenters. The fourth-order valence-corrected chi connectivity index (χ4v) is 2.08. The predicted octanol–water partition coefficient (Wildman–Crippen LogP) is 3.45. The van der Waals surface area contributed by atoms with Gasteiger partial charge in [0.1, 0.15) is 0 Å². The van der Waals surface area contributed by atoms with Crippen LogP contribution < -0.4 is 5.32 Å². The molecule has 3 nitrogen and oxygen atoms in total. The third-order valence-electron chi connectivity index (χ3n) is 3.13. The molecule has 1 aromatic carbocycles. The molecular weight excluding hydrogens is 272 g/mol. The van der Waals surface area contributed by atoms with Gasteiger partial charge in [-0.1, -0.05) is 29.8 Å². The standard InChI is InChI=1S/C16H19ClN2O/c1-12-14(11-18-9-10-20-2)5-8-16(19-12)13-3-6-15(17)7-4-13/h3-8,18H,9-11H2,1-2H3. The highest BCUT2D eigenvalue weighted by Gasteiger charge is 2.04. The lowest BCUT2D eigenvalue weighted by Crippen LogP contribution is -2.19. The van der Waals surface area contributed by atoms with Crippen molar-refractivity contribution in [2.45, 2.75) is 13.5 Å². The molecule has 0 fully saturated rings. The molecule has 4 heteroatoms. The van der Waals surface area contributed by atoms with Crippen LogP contribution in [0.3, 0.4) is 0 Å². The van der Waals surface area contributed by atoms with Gasteiger partial charge in [-0.25, -0.2) is 0 Å². The van der Waals surface area contributed by atoms with Gasteiger partial charge in [-0.15, -0.1) is 0 Å². The number of nitrogens with zero attached hydrogens (tertiary/aromatic N) is 1. The van der Waals surface area contributed by atoms with Crippen LogP contribution in [0, 0.1) is 6.92 Å². The first-order chi connectivity index (χ1) is 9.70. The Morgan fingerprint density at radius 1 is 1.15 bits per heavy atom. The SMILES string of the molecule is COCCNCc1ccc(-c2ccc(Cl)cc2)nc1C. The summed E-state index contributed by atoms with van der Waals surface area (Å²) in [7, 11) is 1.70. The van der Waals surface area contributed by atoms with Gasteiger partial charge in [-0.2, -0.15) is 0 Å². The average Bonchev–Trinajstić information content (AvgIpc) is 2.46. The lowest BCUT2D eigenvalue weighted by Gasteiger charge is -2.09. The molecule has 0 bridgehead atoms. The molecule has 1 heterocycles. The zero-order valence-corrected chi connectivity index (χ0v) is 12.6. The van der Waals surface area contributed by atoms with Crippen molar-refractivity contribution >= 4 is 11.6 Å². The van der Waals surface area contributed by atoms with E-state index in [1.165, 1.54) is 5.56 Å². The van der Waals surface area contributed by atoms with Crippen molar-refractivity contribution < 1.29 is 4.74 Å². The molecule has 0 amide bonds. The third kappa shape index (κ3) is 4.04. The molecule has 2 aromatic rings. The van der Waals surface area contributed by atoms with E-state index < -0.39 is 0 Å². The van der Waals surface area contributed by atoms with Gasteiger partial charge in [-0.3, -0.25) is 4.98 Å². The van der Waals surface area contributed by atoms with E-state index in [0.29, 0.717) is 0 Å². The number of aryl methyl sites for hydroxylation is 1. The molecule has 106 valence electrons. The fraction of sp³-hybridized carbons (Fsp3) is 0.312. The molecular formula is C16H19ClN2O. The van der Waals surface area contributed by atoms with Crippen LogP contribution in [0.15, 0.2) is 36.4 Å². The Bertz CT molecular complexity index is 555. The van der Waals surface area contributed by atoms with Crippen LogP contribution in [0.1, 0.15) is 11.3 Å². The number of pyridine rings is 1. The topological polar surface area (TPSA) is 34.1 Å². The third-order valence-corrected chi connectivity index (χ3v) is 3.39. The number of hydrogen-bond acceptors (Lipinski definition) is 3. The Hall–Kier alpha value is -1.42. The molecule has 20 heavy (non-hydrogen) atoms. The minimum absolute atomic E-state index is 0.718. The summed E-state index contributed by atoms with van der Waals surface area (Å²) in [6, 6.07) is 11.9. The summed E-state index contributed by atoms with van der Waals surface area (Å²) in [6.45, 7) is 4.40. The van der Waals surface area contributed by atoms with Crippen molar-refractivity contribution in [1.29, 1.82) is 0 Å². The highest BCUT2D eigenvalue weighted by molar-refractivity contribution is 6.30. The van der Waals surface area contributed by atoms with E-state index in [4.69, 9.17) is 16.3 Å². The van der Waals surface area contributed by atoms with E-state index in [1.807, 2.05) is 37.3 Å². The average molecular weight is 291 g/mol. The van der Waals surface area contributed by atoms with E-state index in [2.05, 4.69) is 16.4 Å². The number of aromatic nitrogens is 1. The highest BCUT2D eigenvalue weighted by atomic mass is 35.5. The molecule has 1 N–H and O–H groups in total. The Labute approximate surface area is 124 Å². The first-order valence-corrected chi connectivity index (χ1v) is 7.00. The number of benzene rings is 1. The quantitative estimate of drug-likeness (QED) is 0.828. The second kappa shape index (κ2) is 7.39. The summed E-state index contributed by atoms with van der Waals surface area (Å²) in [5.74, 6) is 0. The molecule has 0 radical (unpaired) electrons.